The highest BCUT2D eigenvalue weighted by Crippen LogP contribution is 2.23. The average Bonchev–Trinajstić information content (AvgIpc) is 3.10. The van der Waals surface area contributed by atoms with E-state index in [1.807, 2.05) is 5.38 Å². The highest BCUT2D eigenvalue weighted by molar-refractivity contribution is 7.92. The molecule has 2 aromatic rings. The molecule has 3 rings (SSSR count). The number of nitrogens with one attached hydrogen (secondary N) is 1. The van der Waals surface area contributed by atoms with Crippen molar-refractivity contribution in [1.29, 1.82) is 0 Å². The molecule has 0 bridgehead atoms. The molecule has 20 heavy (non-hydrogen) atoms. The number of sulfonamides is 1. The summed E-state index contributed by atoms with van der Waals surface area (Å²) in [6.45, 7) is 1.39. The second-order valence-corrected chi connectivity index (χ2v) is 7.08. The van der Waals surface area contributed by atoms with Crippen molar-refractivity contribution >= 4 is 27.0 Å². The lowest BCUT2D eigenvalue weighted by Crippen LogP contribution is -2.20. The Hall–Kier alpha value is -1.38. The number of thiophene rings is 1. The minimum atomic E-state index is -3.56. The van der Waals surface area contributed by atoms with Crippen LogP contribution in [-0.4, -0.2) is 31.4 Å². The molecular weight excluding hydrogens is 298 g/mol. The Labute approximate surface area is 121 Å². The Morgan fingerprint density at radius 3 is 2.90 bits per heavy atom. The molecule has 1 N–H and O–H groups in total. The van der Waals surface area contributed by atoms with Crippen LogP contribution in [-0.2, 0) is 14.8 Å². The van der Waals surface area contributed by atoms with Crippen molar-refractivity contribution in [3.8, 4) is 0 Å². The zero-order valence-corrected chi connectivity index (χ0v) is 12.4. The first-order valence-corrected chi connectivity index (χ1v) is 8.75. The van der Waals surface area contributed by atoms with Gasteiger partial charge in [-0.2, -0.15) is 16.4 Å². The smallest absolute Gasteiger partial charge is 0.265 e. The van der Waals surface area contributed by atoms with Gasteiger partial charge in [0.15, 0.2) is 0 Å². The summed E-state index contributed by atoms with van der Waals surface area (Å²) in [5.74, 6) is 0. The van der Waals surface area contributed by atoms with Crippen molar-refractivity contribution in [3.63, 3.8) is 0 Å². The Morgan fingerprint density at radius 1 is 1.40 bits per heavy atom. The van der Waals surface area contributed by atoms with E-state index in [0.29, 0.717) is 18.9 Å². The van der Waals surface area contributed by atoms with Crippen LogP contribution in [0.1, 0.15) is 18.9 Å². The molecule has 1 saturated heterocycles. The van der Waals surface area contributed by atoms with Crippen molar-refractivity contribution in [2.45, 2.75) is 23.8 Å². The molecule has 2 aromatic heterocycles. The van der Waals surface area contributed by atoms with E-state index >= 15 is 0 Å². The number of hydrogen-bond donors (Lipinski definition) is 1. The highest BCUT2D eigenvalue weighted by atomic mass is 32.2. The zero-order valence-electron chi connectivity index (χ0n) is 10.7. The maximum Gasteiger partial charge on any atom is 0.265 e. The van der Waals surface area contributed by atoms with Crippen molar-refractivity contribution in [2.75, 3.05) is 17.9 Å². The van der Waals surface area contributed by atoms with E-state index in [9.17, 15) is 8.42 Å². The number of nitrogens with zero attached hydrogens (tertiary/aromatic N) is 2. The van der Waals surface area contributed by atoms with Gasteiger partial charge < -0.3 is 4.74 Å². The van der Waals surface area contributed by atoms with Crippen LogP contribution in [0.3, 0.4) is 0 Å². The summed E-state index contributed by atoms with van der Waals surface area (Å²) in [6, 6.07) is 1.94. The maximum atomic E-state index is 12.2. The predicted octanol–water partition coefficient (Wildman–Crippen LogP) is 2.10. The molecule has 0 aromatic carbocycles. The van der Waals surface area contributed by atoms with Crippen molar-refractivity contribution in [1.82, 2.24) is 9.78 Å². The van der Waals surface area contributed by atoms with Gasteiger partial charge in [0.05, 0.1) is 17.9 Å². The van der Waals surface area contributed by atoms with Crippen LogP contribution in [0.5, 0.6) is 0 Å². The molecule has 1 fully saturated rings. The van der Waals surface area contributed by atoms with Crippen LogP contribution in [0.2, 0.25) is 0 Å². The fourth-order valence-corrected chi connectivity index (χ4v) is 3.80. The largest absolute Gasteiger partial charge is 0.381 e. The summed E-state index contributed by atoms with van der Waals surface area (Å²) in [5, 5.41) is 7.75. The van der Waals surface area contributed by atoms with Crippen molar-refractivity contribution in [3.05, 3.63) is 29.2 Å². The molecule has 0 atom stereocenters. The van der Waals surface area contributed by atoms with Gasteiger partial charge in [0.1, 0.15) is 4.90 Å². The lowest BCUT2D eigenvalue weighted by atomic mass is 10.1. The molecule has 6 nitrogen and oxygen atoms in total. The third-order valence-electron chi connectivity index (χ3n) is 3.23. The van der Waals surface area contributed by atoms with E-state index in [1.54, 1.807) is 22.3 Å². The van der Waals surface area contributed by atoms with Gasteiger partial charge in [-0.3, -0.25) is 9.40 Å². The monoisotopic (exact) mass is 313 g/mol. The molecule has 0 spiro atoms. The lowest BCUT2D eigenvalue weighted by molar-refractivity contribution is 0.0662. The Bertz CT molecular complexity index is 658. The number of rotatable bonds is 4. The van der Waals surface area contributed by atoms with Gasteiger partial charge in [-0.05, 0) is 24.3 Å². The maximum absolute atomic E-state index is 12.2. The third-order valence-corrected chi connectivity index (χ3v) is 5.25. The molecule has 3 heterocycles. The van der Waals surface area contributed by atoms with Crippen LogP contribution in [0.25, 0.3) is 0 Å². The van der Waals surface area contributed by atoms with Crippen LogP contribution >= 0.6 is 11.3 Å². The number of anilines is 1. The van der Waals surface area contributed by atoms with Crippen LogP contribution < -0.4 is 4.72 Å². The quantitative estimate of drug-likeness (QED) is 0.938. The lowest BCUT2D eigenvalue weighted by Gasteiger charge is -2.22. The molecule has 108 valence electrons. The Balaban J connectivity index is 1.78. The molecule has 0 saturated carbocycles. The standard InChI is InChI=1S/C12H15N3O3S2/c16-20(17,14-10-3-6-19-9-10)12-7-13-15(8-12)11-1-4-18-5-2-11/h3,6-9,11,14H,1-2,4-5H2. The first-order valence-electron chi connectivity index (χ1n) is 6.32. The van der Waals surface area contributed by atoms with Crippen molar-refractivity contribution in [2.24, 2.45) is 0 Å². The third kappa shape index (κ3) is 2.87. The van der Waals surface area contributed by atoms with Crippen molar-refractivity contribution < 1.29 is 13.2 Å². The molecule has 8 heteroatoms. The van der Waals surface area contributed by atoms with E-state index in [2.05, 4.69) is 9.82 Å². The summed E-state index contributed by atoms with van der Waals surface area (Å²) in [7, 11) is -3.56. The first-order chi connectivity index (χ1) is 9.65. The summed E-state index contributed by atoms with van der Waals surface area (Å²) in [4.78, 5) is 0.190. The van der Waals surface area contributed by atoms with E-state index < -0.39 is 10.0 Å². The fourth-order valence-electron chi connectivity index (χ4n) is 2.15. The van der Waals surface area contributed by atoms with Crippen LogP contribution in [0.4, 0.5) is 5.69 Å². The van der Waals surface area contributed by atoms with Crippen LogP contribution in [0.15, 0.2) is 34.1 Å². The highest BCUT2D eigenvalue weighted by Gasteiger charge is 2.21. The Kier molecular flexibility index (Phi) is 3.77. The number of aromatic nitrogens is 2. The molecule has 0 amide bonds. The second kappa shape index (κ2) is 5.55. The molecule has 1 aliphatic heterocycles. The normalized spacial score (nSPS) is 17.2. The summed E-state index contributed by atoms with van der Waals surface area (Å²) >= 11 is 1.44. The minimum Gasteiger partial charge on any atom is -0.381 e. The average molecular weight is 313 g/mol. The number of ether oxygens (including phenoxy) is 1. The summed E-state index contributed by atoms with van der Waals surface area (Å²) in [5.41, 5.74) is 0.578. The Morgan fingerprint density at radius 2 is 2.20 bits per heavy atom. The van der Waals surface area contributed by atoms with Gasteiger partial charge in [0, 0.05) is 24.8 Å². The molecular formula is C12H15N3O3S2. The van der Waals surface area contributed by atoms with Crippen LogP contribution in [0, 0.1) is 0 Å². The molecule has 1 aliphatic rings. The molecule has 0 radical (unpaired) electrons. The number of hydrogen-bond acceptors (Lipinski definition) is 5. The molecule has 0 unspecified atom stereocenters. The summed E-state index contributed by atoms with van der Waals surface area (Å²) in [6.07, 6.45) is 4.70. The van der Waals surface area contributed by atoms with Gasteiger partial charge in [0.25, 0.3) is 10.0 Å². The van der Waals surface area contributed by atoms with E-state index in [4.69, 9.17) is 4.74 Å². The second-order valence-electron chi connectivity index (χ2n) is 4.62. The van der Waals surface area contributed by atoms with E-state index in [1.165, 1.54) is 17.5 Å². The van der Waals surface area contributed by atoms with E-state index in [-0.39, 0.29) is 10.9 Å². The SMILES string of the molecule is O=S(=O)(Nc1ccsc1)c1cnn(C2CCOCC2)c1. The van der Waals surface area contributed by atoms with E-state index in [0.717, 1.165) is 12.8 Å². The van der Waals surface area contributed by atoms with Gasteiger partial charge in [-0.25, -0.2) is 8.42 Å². The van der Waals surface area contributed by atoms with Gasteiger partial charge in [-0.1, -0.05) is 0 Å². The minimum absolute atomic E-state index is 0.190. The summed E-state index contributed by atoms with van der Waals surface area (Å²) < 4.78 is 34.0. The zero-order chi connectivity index (χ0) is 14.0. The topological polar surface area (TPSA) is 73.2 Å². The predicted molar refractivity (Wildman–Crippen MR) is 76.4 cm³/mol. The first kappa shape index (κ1) is 13.6. The molecule has 0 aliphatic carbocycles. The fraction of sp³-hybridized carbons (Fsp3) is 0.417. The van der Waals surface area contributed by atoms with Gasteiger partial charge in [-0.15, -0.1) is 0 Å². The van der Waals surface area contributed by atoms with Gasteiger partial charge in [0.2, 0.25) is 0 Å². The van der Waals surface area contributed by atoms with Gasteiger partial charge >= 0.3 is 0 Å².